The number of hydrogen-bond donors (Lipinski definition) is 1. The van der Waals surface area contributed by atoms with Crippen LogP contribution in [0.5, 0.6) is 0 Å². The average molecular weight is 306 g/mol. The van der Waals surface area contributed by atoms with Gasteiger partial charge in [0.2, 0.25) is 0 Å². The molecule has 2 heterocycles. The number of rotatable bonds is 4. The van der Waals surface area contributed by atoms with E-state index in [0.29, 0.717) is 17.1 Å². The topological polar surface area (TPSA) is 50.9 Å². The van der Waals surface area contributed by atoms with Crippen molar-refractivity contribution in [2.45, 2.75) is 13.0 Å². The number of benzene rings is 1. The summed E-state index contributed by atoms with van der Waals surface area (Å²) in [6, 6.07) is 11.5. The van der Waals surface area contributed by atoms with Gasteiger partial charge < -0.3 is 5.11 Å². The van der Waals surface area contributed by atoms with Crippen LogP contribution in [0, 0.1) is 0 Å². The number of aliphatic hydroxyl groups excluding tert-OH is 1. The molecule has 1 aromatic carbocycles. The molecule has 0 spiro atoms. The zero-order valence-electron chi connectivity index (χ0n) is 10.5. The normalized spacial score (nSPS) is 10.9. The summed E-state index contributed by atoms with van der Waals surface area (Å²) in [7, 11) is 0. The quantitative estimate of drug-likeness (QED) is 0.806. The summed E-state index contributed by atoms with van der Waals surface area (Å²) in [4.78, 5) is 1.21. The summed E-state index contributed by atoms with van der Waals surface area (Å²) >= 11 is 7.58. The van der Waals surface area contributed by atoms with Crippen molar-refractivity contribution in [1.29, 1.82) is 0 Å². The van der Waals surface area contributed by atoms with Crippen LogP contribution in [0.3, 0.4) is 0 Å². The fourth-order valence-corrected chi connectivity index (χ4v) is 2.84. The maximum atomic E-state index is 9.42. The summed E-state index contributed by atoms with van der Waals surface area (Å²) in [5.74, 6) is 0. The lowest BCUT2D eigenvalue weighted by Crippen LogP contribution is -2.04. The van der Waals surface area contributed by atoms with E-state index in [1.54, 1.807) is 16.0 Å². The minimum absolute atomic E-state index is 0.117. The monoisotopic (exact) mass is 305 g/mol. The van der Waals surface area contributed by atoms with Crippen LogP contribution in [-0.4, -0.2) is 20.1 Å². The first-order valence-corrected chi connectivity index (χ1v) is 7.36. The van der Waals surface area contributed by atoms with Crippen molar-refractivity contribution in [2.75, 3.05) is 0 Å². The molecule has 0 bridgehead atoms. The van der Waals surface area contributed by atoms with E-state index >= 15 is 0 Å². The van der Waals surface area contributed by atoms with Crippen LogP contribution in [0.15, 0.2) is 41.8 Å². The first-order chi connectivity index (χ1) is 9.78. The predicted octanol–water partition coefficient (Wildman–Crippen LogP) is 3.07. The molecule has 3 aromatic rings. The van der Waals surface area contributed by atoms with Crippen LogP contribution < -0.4 is 0 Å². The molecule has 0 unspecified atom stereocenters. The van der Waals surface area contributed by atoms with Crippen molar-refractivity contribution in [3.05, 3.63) is 63.1 Å². The number of halogens is 1. The number of thiophene rings is 1. The Kier molecular flexibility index (Phi) is 3.82. The van der Waals surface area contributed by atoms with Crippen molar-refractivity contribution in [1.82, 2.24) is 15.0 Å². The molecule has 102 valence electrons. The smallest absolute Gasteiger partial charge is 0.112 e. The van der Waals surface area contributed by atoms with Gasteiger partial charge in [0.15, 0.2) is 0 Å². The van der Waals surface area contributed by atoms with E-state index in [2.05, 4.69) is 16.4 Å². The summed E-state index contributed by atoms with van der Waals surface area (Å²) in [6.07, 6.45) is 0.698. The number of aliphatic hydroxyl groups is 1. The Morgan fingerprint density at radius 2 is 2.00 bits per heavy atom. The zero-order valence-corrected chi connectivity index (χ0v) is 12.1. The largest absolute Gasteiger partial charge is 0.390 e. The molecule has 0 saturated carbocycles. The molecule has 0 aliphatic rings. The highest BCUT2D eigenvalue weighted by atomic mass is 35.5. The molecule has 0 radical (unpaired) electrons. The highest BCUT2D eigenvalue weighted by Gasteiger charge is 2.14. The van der Waals surface area contributed by atoms with Crippen molar-refractivity contribution in [3.63, 3.8) is 0 Å². The van der Waals surface area contributed by atoms with E-state index in [4.69, 9.17) is 11.6 Å². The maximum Gasteiger partial charge on any atom is 0.112 e. The molecular weight excluding hydrogens is 294 g/mol. The lowest BCUT2D eigenvalue weighted by atomic mass is 10.2. The van der Waals surface area contributed by atoms with Gasteiger partial charge in [0.25, 0.3) is 0 Å². The Bertz CT molecular complexity index is 692. The maximum absolute atomic E-state index is 9.42. The zero-order chi connectivity index (χ0) is 13.9. The van der Waals surface area contributed by atoms with Crippen LogP contribution in [0.25, 0.3) is 5.69 Å². The van der Waals surface area contributed by atoms with Crippen LogP contribution in [0.1, 0.15) is 16.3 Å². The standard InChI is InChI=1S/C14H12ClN3OS/c15-10-3-5-11(6-4-10)18-14(13(9-19)16-17-18)8-12-2-1-7-20-12/h1-7,19H,8-9H2. The summed E-state index contributed by atoms with van der Waals surface area (Å²) in [5, 5.41) is 20.3. The van der Waals surface area contributed by atoms with Crippen LogP contribution in [-0.2, 0) is 13.0 Å². The third kappa shape index (κ3) is 2.60. The third-order valence-corrected chi connectivity index (χ3v) is 4.11. The van der Waals surface area contributed by atoms with Crippen molar-refractivity contribution in [3.8, 4) is 5.69 Å². The van der Waals surface area contributed by atoms with E-state index in [9.17, 15) is 5.11 Å². The minimum Gasteiger partial charge on any atom is -0.390 e. The number of hydrogen-bond acceptors (Lipinski definition) is 4. The third-order valence-electron chi connectivity index (χ3n) is 2.99. The van der Waals surface area contributed by atoms with Crippen LogP contribution in [0.2, 0.25) is 5.02 Å². The van der Waals surface area contributed by atoms with Crippen molar-refractivity contribution < 1.29 is 5.11 Å². The van der Waals surface area contributed by atoms with E-state index in [0.717, 1.165) is 11.4 Å². The molecule has 0 aliphatic carbocycles. The summed E-state index contributed by atoms with van der Waals surface area (Å²) < 4.78 is 1.75. The van der Waals surface area contributed by atoms with E-state index in [1.807, 2.05) is 35.7 Å². The lowest BCUT2D eigenvalue weighted by molar-refractivity contribution is 0.275. The Balaban J connectivity index is 2.02. The van der Waals surface area contributed by atoms with E-state index in [-0.39, 0.29) is 6.61 Å². The van der Waals surface area contributed by atoms with Gasteiger partial charge in [-0.25, -0.2) is 4.68 Å². The second-order valence-electron chi connectivity index (χ2n) is 4.29. The van der Waals surface area contributed by atoms with Gasteiger partial charge in [0, 0.05) is 16.3 Å². The molecule has 0 amide bonds. The summed E-state index contributed by atoms with van der Waals surface area (Å²) in [5.41, 5.74) is 2.39. The van der Waals surface area contributed by atoms with Crippen LogP contribution in [0.4, 0.5) is 0 Å². The van der Waals surface area contributed by atoms with Crippen LogP contribution >= 0.6 is 22.9 Å². The van der Waals surface area contributed by atoms with Gasteiger partial charge in [-0.2, -0.15) is 0 Å². The predicted molar refractivity (Wildman–Crippen MR) is 79.4 cm³/mol. The molecular formula is C14H12ClN3OS. The molecule has 0 atom stereocenters. The first kappa shape index (κ1) is 13.3. The highest BCUT2D eigenvalue weighted by molar-refractivity contribution is 7.09. The Hall–Kier alpha value is -1.69. The molecule has 1 N–H and O–H groups in total. The lowest BCUT2D eigenvalue weighted by Gasteiger charge is -2.06. The average Bonchev–Trinajstić information content (AvgIpc) is 3.10. The number of aromatic nitrogens is 3. The Labute approximate surface area is 125 Å². The van der Waals surface area contributed by atoms with Gasteiger partial charge in [-0.15, -0.1) is 16.4 Å². The molecule has 20 heavy (non-hydrogen) atoms. The highest BCUT2D eigenvalue weighted by Crippen LogP contribution is 2.21. The summed E-state index contributed by atoms with van der Waals surface area (Å²) in [6.45, 7) is -0.117. The van der Waals surface area contributed by atoms with Crippen molar-refractivity contribution >= 4 is 22.9 Å². The van der Waals surface area contributed by atoms with Gasteiger partial charge in [-0.3, -0.25) is 0 Å². The van der Waals surface area contributed by atoms with Gasteiger partial charge in [0.05, 0.1) is 18.0 Å². The molecule has 0 fully saturated rings. The van der Waals surface area contributed by atoms with E-state index in [1.165, 1.54) is 4.88 Å². The Morgan fingerprint density at radius 3 is 2.65 bits per heavy atom. The first-order valence-electron chi connectivity index (χ1n) is 6.10. The minimum atomic E-state index is -0.117. The van der Waals surface area contributed by atoms with Gasteiger partial charge in [-0.05, 0) is 35.7 Å². The second-order valence-corrected chi connectivity index (χ2v) is 5.75. The molecule has 6 heteroatoms. The van der Waals surface area contributed by atoms with Gasteiger partial charge in [0.1, 0.15) is 5.69 Å². The fraction of sp³-hybridized carbons (Fsp3) is 0.143. The fourth-order valence-electron chi connectivity index (χ4n) is 2.00. The van der Waals surface area contributed by atoms with Gasteiger partial charge >= 0.3 is 0 Å². The second kappa shape index (κ2) is 5.75. The molecule has 2 aromatic heterocycles. The number of nitrogens with zero attached hydrogens (tertiary/aromatic N) is 3. The Morgan fingerprint density at radius 1 is 1.20 bits per heavy atom. The molecule has 3 rings (SSSR count). The van der Waals surface area contributed by atoms with Crippen molar-refractivity contribution in [2.24, 2.45) is 0 Å². The van der Waals surface area contributed by atoms with E-state index < -0.39 is 0 Å². The SMILES string of the molecule is OCc1nnn(-c2ccc(Cl)cc2)c1Cc1cccs1. The molecule has 4 nitrogen and oxygen atoms in total. The molecule has 0 aliphatic heterocycles. The molecule has 0 saturated heterocycles. The van der Waals surface area contributed by atoms with Gasteiger partial charge in [-0.1, -0.05) is 22.9 Å².